The van der Waals surface area contributed by atoms with Crippen LogP contribution in [0.2, 0.25) is 0 Å². The van der Waals surface area contributed by atoms with Gasteiger partial charge in [0.1, 0.15) is 0 Å². The third-order valence-corrected chi connectivity index (χ3v) is 3.40. The highest BCUT2D eigenvalue weighted by Gasteiger charge is 2.26. The molecule has 1 saturated heterocycles. The third-order valence-electron chi connectivity index (χ3n) is 3.40. The zero-order valence-corrected chi connectivity index (χ0v) is 12.5. The first kappa shape index (κ1) is 14.3. The summed E-state index contributed by atoms with van der Waals surface area (Å²) < 4.78 is 7.97. The van der Waals surface area contributed by atoms with E-state index in [9.17, 15) is 0 Å². The second-order valence-corrected chi connectivity index (χ2v) is 5.94. The number of aryl methyl sites for hydroxylation is 1. The van der Waals surface area contributed by atoms with Crippen molar-refractivity contribution in [3.63, 3.8) is 0 Å². The van der Waals surface area contributed by atoms with Crippen molar-refractivity contribution in [1.82, 2.24) is 9.55 Å². The number of rotatable bonds is 4. The minimum Gasteiger partial charge on any atom is -0.373 e. The SMILES string of the molecule is Cc1cn(CC(C)C)c(N2CCOC(C(C)N)C2)n1. The Kier molecular flexibility index (Phi) is 4.47. The first-order chi connectivity index (χ1) is 8.97. The molecule has 0 aliphatic carbocycles. The molecule has 5 nitrogen and oxygen atoms in total. The highest BCUT2D eigenvalue weighted by Crippen LogP contribution is 2.19. The molecule has 0 aromatic carbocycles. The number of imidazole rings is 1. The van der Waals surface area contributed by atoms with Gasteiger partial charge in [-0.2, -0.15) is 0 Å². The molecule has 0 amide bonds. The monoisotopic (exact) mass is 266 g/mol. The van der Waals surface area contributed by atoms with Crippen molar-refractivity contribution >= 4 is 5.95 Å². The molecule has 0 spiro atoms. The average molecular weight is 266 g/mol. The minimum absolute atomic E-state index is 0.0532. The van der Waals surface area contributed by atoms with Gasteiger partial charge in [0, 0.05) is 31.9 Å². The number of morpholine rings is 1. The predicted molar refractivity (Wildman–Crippen MR) is 77.4 cm³/mol. The van der Waals surface area contributed by atoms with E-state index in [1.165, 1.54) is 0 Å². The summed E-state index contributed by atoms with van der Waals surface area (Å²) in [7, 11) is 0. The highest BCUT2D eigenvalue weighted by atomic mass is 16.5. The van der Waals surface area contributed by atoms with Gasteiger partial charge in [-0.15, -0.1) is 0 Å². The molecule has 19 heavy (non-hydrogen) atoms. The van der Waals surface area contributed by atoms with Gasteiger partial charge in [0.05, 0.1) is 18.4 Å². The van der Waals surface area contributed by atoms with Gasteiger partial charge < -0.3 is 19.9 Å². The second kappa shape index (κ2) is 5.92. The predicted octanol–water partition coefficient (Wildman–Crippen LogP) is 1.40. The van der Waals surface area contributed by atoms with Crippen LogP contribution in [0.15, 0.2) is 6.20 Å². The second-order valence-electron chi connectivity index (χ2n) is 5.94. The van der Waals surface area contributed by atoms with Gasteiger partial charge >= 0.3 is 0 Å². The van der Waals surface area contributed by atoms with Crippen molar-refractivity contribution < 1.29 is 4.74 Å². The fourth-order valence-corrected chi connectivity index (χ4v) is 2.49. The van der Waals surface area contributed by atoms with Crippen molar-refractivity contribution in [3.05, 3.63) is 11.9 Å². The van der Waals surface area contributed by atoms with Crippen LogP contribution in [-0.2, 0) is 11.3 Å². The average Bonchev–Trinajstić information content (AvgIpc) is 2.69. The van der Waals surface area contributed by atoms with E-state index in [1.54, 1.807) is 0 Å². The van der Waals surface area contributed by atoms with Crippen LogP contribution >= 0.6 is 0 Å². The van der Waals surface area contributed by atoms with E-state index in [0.29, 0.717) is 5.92 Å². The molecule has 0 bridgehead atoms. The number of hydrogen-bond acceptors (Lipinski definition) is 4. The van der Waals surface area contributed by atoms with E-state index in [0.717, 1.165) is 37.9 Å². The van der Waals surface area contributed by atoms with Crippen LogP contribution in [0.3, 0.4) is 0 Å². The lowest BCUT2D eigenvalue weighted by molar-refractivity contribution is 0.0268. The number of nitrogens with zero attached hydrogens (tertiary/aromatic N) is 3. The van der Waals surface area contributed by atoms with E-state index in [2.05, 4.69) is 34.5 Å². The first-order valence-electron chi connectivity index (χ1n) is 7.13. The molecular formula is C14H26N4O. The number of nitrogens with two attached hydrogens (primary N) is 1. The molecule has 1 fully saturated rings. The molecule has 0 saturated carbocycles. The van der Waals surface area contributed by atoms with Crippen LogP contribution < -0.4 is 10.6 Å². The first-order valence-corrected chi connectivity index (χ1v) is 7.13. The number of ether oxygens (including phenoxy) is 1. The molecule has 1 aliphatic rings. The maximum atomic E-state index is 5.95. The molecule has 108 valence electrons. The van der Waals surface area contributed by atoms with Gasteiger partial charge in [0.25, 0.3) is 0 Å². The maximum Gasteiger partial charge on any atom is 0.205 e. The van der Waals surface area contributed by atoms with Gasteiger partial charge in [-0.1, -0.05) is 13.8 Å². The topological polar surface area (TPSA) is 56.3 Å². The van der Waals surface area contributed by atoms with Crippen molar-refractivity contribution in [3.8, 4) is 0 Å². The lowest BCUT2D eigenvalue weighted by atomic mass is 10.1. The molecule has 2 unspecified atom stereocenters. The Labute approximate surface area is 115 Å². The van der Waals surface area contributed by atoms with Crippen LogP contribution in [0.4, 0.5) is 5.95 Å². The van der Waals surface area contributed by atoms with Crippen LogP contribution in [0.5, 0.6) is 0 Å². The minimum atomic E-state index is 0.0532. The molecular weight excluding hydrogens is 240 g/mol. The molecule has 2 atom stereocenters. The molecule has 2 heterocycles. The third kappa shape index (κ3) is 3.48. The lowest BCUT2D eigenvalue weighted by Gasteiger charge is -2.35. The van der Waals surface area contributed by atoms with Gasteiger partial charge in [-0.3, -0.25) is 0 Å². The standard InChI is InChI=1S/C14H26N4O/c1-10(2)7-18-8-11(3)16-14(18)17-5-6-19-13(9-17)12(4)15/h8,10,12-13H,5-7,9,15H2,1-4H3. The van der Waals surface area contributed by atoms with Crippen molar-refractivity contribution in [1.29, 1.82) is 0 Å². The molecule has 2 N–H and O–H groups in total. The van der Waals surface area contributed by atoms with Crippen molar-refractivity contribution in [2.45, 2.75) is 46.4 Å². The molecule has 1 aromatic rings. The van der Waals surface area contributed by atoms with Crippen LogP contribution in [0, 0.1) is 12.8 Å². The fourth-order valence-electron chi connectivity index (χ4n) is 2.49. The van der Waals surface area contributed by atoms with Crippen LogP contribution in [0.1, 0.15) is 26.5 Å². The highest BCUT2D eigenvalue weighted by molar-refractivity contribution is 5.34. The molecule has 2 rings (SSSR count). The summed E-state index contributed by atoms with van der Waals surface area (Å²) in [5.41, 5.74) is 7.02. The Bertz CT molecular complexity index is 414. The van der Waals surface area contributed by atoms with Gasteiger partial charge in [0.15, 0.2) is 0 Å². The van der Waals surface area contributed by atoms with E-state index in [1.807, 2.05) is 13.8 Å². The summed E-state index contributed by atoms with van der Waals surface area (Å²) in [6.07, 6.45) is 2.23. The Hall–Kier alpha value is -1.07. The largest absolute Gasteiger partial charge is 0.373 e. The number of aromatic nitrogens is 2. The zero-order chi connectivity index (χ0) is 14.0. The Balaban J connectivity index is 2.16. The number of anilines is 1. The summed E-state index contributed by atoms with van der Waals surface area (Å²) in [5.74, 6) is 1.66. The van der Waals surface area contributed by atoms with E-state index in [-0.39, 0.29) is 12.1 Å². The Morgan fingerprint density at radius 3 is 2.84 bits per heavy atom. The van der Waals surface area contributed by atoms with Crippen molar-refractivity contribution in [2.24, 2.45) is 11.7 Å². The summed E-state index contributed by atoms with van der Waals surface area (Å²) in [5, 5.41) is 0. The zero-order valence-electron chi connectivity index (χ0n) is 12.5. The van der Waals surface area contributed by atoms with Gasteiger partial charge in [-0.25, -0.2) is 4.98 Å². The van der Waals surface area contributed by atoms with Gasteiger partial charge in [0.2, 0.25) is 5.95 Å². The quantitative estimate of drug-likeness (QED) is 0.895. The maximum absolute atomic E-state index is 5.95. The number of hydrogen-bond donors (Lipinski definition) is 1. The summed E-state index contributed by atoms with van der Waals surface area (Å²) in [4.78, 5) is 6.97. The molecule has 1 aliphatic heterocycles. The van der Waals surface area contributed by atoms with Gasteiger partial charge in [-0.05, 0) is 19.8 Å². The van der Waals surface area contributed by atoms with Crippen LogP contribution in [-0.4, -0.2) is 41.4 Å². The molecule has 5 heteroatoms. The Morgan fingerprint density at radius 1 is 1.47 bits per heavy atom. The van der Waals surface area contributed by atoms with E-state index >= 15 is 0 Å². The smallest absolute Gasteiger partial charge is 0.205 e. The lowest BCUT2D eigenvalue weighted by Crippen LogP contribution is -2.50. The summed E-state index contributed by atoms with van der Waals surface area (Å²) >= 11 is 0. The summed E-state index contributed by atoms with van der Waals surface area (Å²) in [6, 6.07) is 0.0532. The molecule has 0 radical (unpaired) electrons. The van der Waals surface area contributed by atoms with E-state index < -0.39 is 0 Å². The van der Waals surface area contributed by atoms with Crippen LogP contribution in [0.25, 0.3) is 0 Å². The normalized spacial score (nSPS) is 22.0. The fraction of sp³-hybridized carbons (Fsp3) is 0.786. The van der Waals surface area contributed by atoms with Crippen molar-refractivity contribution in [2.75, 3.05) is 24.6 Å². The van der Waals surface area contributed by atoms with E-state index in [4.69, 9.17) is 10.5 Å². The summed E-state index contributed by atoms with van der Waals surface area (Å²) in [6.45, 7) is 11.9. The Morgan fingerprint density at radius 2 is 2.21 bits per heavy atom. The molecule has 1 aromatic heterocycles.